The summed E-state index contributed by atoms with van der Waals surface area (Å²) in [5.74, 6) is 1.03. The van der Waals surface area contributed by atoms with Crippen LogP contribution in [0.25, 0.3) is 0 Å². The molecular formula is C22H24N2O3. The third-order valence-corrected chi connectivity index (χ3v) is 5.73. The number of ether oxygens (including phenoxy) is 2. The Hall–Kier alpha value is -2.69. The van der Waals surface area contributed by atoms with Crippen LogP contribution in [0.4, 0.5) is 11.4 Å². The van der Waals surface area contributed by atoms with Crippen LogP contribution in [0.15, 0.2) is 42.5 Å². The largest absolute Gasteiger partial charge is 0.448 e. The predicted octanol–water partition coefficient (Wildman–Crippen LogP) is 4.12. The van der Waals surface area contributed by atoms with Gasteiger partial charge >= 0.3 is 0 Å². The fraction of sp³-hybridized carbons (Fsp3) is 0.409. The van der Waals surface area contributed by atoms with Crippen molar-refractivity contribution >= 4 is 17.3 Å². The van der Waals surface area contributed by atoms with Gasteiger partial charge in [0.05, 0.1) is 6.54 Å². The molecule has 5 nitrogen and oxygen atoms in total. The molecule has 1 N–H and O–H groups in total. The van der Waals surface area contributed by atoms with E-state index in [-0.39, 0.29) is 5.91 Å². The van der Waals surface area contributed by atoms with Crippen molar-refractivity contribution in [2.24, 2.45) is 0 Å². The predicted molar refractivity (Wildman–Crippen MR) is 105 cm³/mol. The molecule has 0 aromatic heterocycles. The van der Waals surface area contributed by atoms with Crippen molar-refractivity contribution in [1.82, 2.24) is 0 Å². The Morgan fingerprint density at radius 2 is 1.85 bits per heavy atom. The summed E-state index contributed by atoms with van der Waals surface area (Å²) < 4.78 is 12.1. The van der Waals surface area contributed by atoms with Crippen molar-refractivity contribution in [3.05, 3.63) is 48.0 Å². The minimum Gasteiger partial charge on any atom is -0.448 e. The lowest BCUT2D eigenvalue weighted by Gasteiger charge is -2.30. The fourth-order valence-electron chi connectivity index (χ4n) is 4.44. The topological polar surface area (TPSA) is 50.8 Å². The molecule has 2 aromatic rings. The summed E-state index contributed by atoms with van der Waals surface area (Å²) in [5, 5.41) is 3.01. The number of benzene rings is 2. The minimum absolute atomic E-state index is 0.0128. The molecule has 0 atom stereocenters. The molecule has 5 heteroatoms. The van der Waals surface area contributed by atoms with Crippen LogP contribution in [0.5, 0.6) is 11.5 Å². The molecule has 1 spiro atoms. The number of para-hydroxylation sites is 1. The van der Waals surface area contributed by atoms with E-state index in [1.54, 1.807) is 0 Å². The number of nitrogens with zero attached hydrogens (tertiary/aromatic N) is 1. The highest BCUT2D eigenvalue weighted by Crippen LogP contribution is 2.47. The highest BCUT2D eigenvalue weighted by Gasteiger charge is 2.44. The van der Waals surface area contributed by atoms with Gasteiger partial charge in [0.15, 0.2) is 11.5 Å². The highest BCUT2D eigenvalue weighted by molar-refractivity contribution is 5.94. The van der Waals surface area contributed by atoms with Crippen LogP contribution in [0.1, 0.15) is 37.7 Å². The van der Waals surface area contributed by atoms with Gasteiger partial charge in [-0.25, -0.2) is 0 Å². The highest BCUT2D eigenvalue weighted by atomic mass is 16.7. The normalized spacial score (nSPS) is 19.2. The van der Waals surface area contributed by atoms with Crippen LogP contribution < -0.4 is 19.7 Å². The van der Waals surface area contributed by atoms with Gasteiger partial charge in [-0.2, -0.15) is 0 Å². The van der Waals surface area contributed by atoms with E-state index in [1.165, 1.54) is 11.3 Å². The molecule has 2 heterocycles. The Bertz CT molecular complexity index is 874. The number of carbonyl (C=O) groups is 1. The number of hydrogen-bond donors (Lipinski definition) is 1. The van der Waals surface area contributed by atoms with Gasteiger partial charge in [0.1, 0.15) is 0 Å². The Morgan fingerprint density at radius 3 is 2.74 bits per heavy atom. The molecule has 140 valence electrons. The molecular weight excluding hydrogens is 340 g/mol. The van der Waals surface area contributed by atoms with Crippen LogP contribution >= 0.6 is 0 Å². The van der Waals surface area contributed by atoms with Gasteiger partial charge in [-0.05, 0) is 49.4 Å². The van der Waals surface area contributed by atoms with Crippen molar-refractivity contribution in [3.8, 4) is 11.5 Å². The van der Waals surface area contributed by atoms with Gasteiger partial charge < -0.3 is 19.7 Å². The van der Waals surface area contributed by atoms with Crippen LogP contribution in [-0.2, 0) is 11.2 Å². The third-order valence-electron chi connectivity index (χ3n) is 5.73. The SMILES string of the molecule is O=C(CN1CCCc2ccccc21)Nc1ccc2c(c1)OC1(CCCC1)O2. The molecule has 5 rings (SSSR count). The molecule has 0 radical (unpaired) electrons. The molecule has 2 aliphatic heterocycles. The van der Waals surface area contributed by atoms with E-state index in [2.05, 4.69) is 28.4 Å². The number of nitrogens with one attached hydrogen (secondary N) is 1. The lowest BCUT2D eigenvalue weighted by Crippen LogP contribution is -2.36. The van der Waals surface area contributed by atoms with E-state index >= 15 is 0 Å². The number of amides is 1. The van der Waals surface area contributed by atoms with Crippen LogP contribution in [-0.4, -0.2) is 24.8 Å². The van der Waals surface area contributed by atoms with Crippen LogP contribution in [0.3, 0.4) is 0 Å². The first-order valence-electron chi connectivity index (χ1n) is 9.86. The van der Waals surface area contributed by atoms with E-state index in [1.807, 2.05) is 24.3 Å². The molecule has 1 aliphatic carbocycles. The second-order valence-electron chi connectivity index (χ2n) is 7.69. The third kappa shape index (κ3) is 3.11. The molecule has 3 aliphatic rings. The number of anilines is 2. The van der Waals surface area contributed by atoms with Crippen molar-refractivity contribution in [2.75, 3.05) is 23.3 Å². The van der Waals surface area contributed by atoms with Crippen molar-refractivity contribution < 1.29 is 14.3 Å². The van der Waals surface area contributed by atoms with Crippen molar-refractivity contribution in [1.29, 1.82) is 0 Å². The van der Waals surface area contributed by atoms with Crippen molar-refractivity contribution in [2.45, 2.75) is 44.3 Å². The maximum absolute atomic E-state index is 12.6. The Labute approximate surface area is 159 Å². The number of hydrogen-bond acceptors (Lipinski definition) is 4. The van der Waals surface area contributed by atoms with E-state index in [0.717, 1.165) is 62.3 Å². The standard InChI is InChI=1S/C22H24N2O3/c25-21(15-24-13-5-7-16-6-1-2-8-18(16)24)23-17-9-10-19-20(14-17)27-22(26-19)11-3-4-12-22/h1-2,6,8-10,14H,3-5,7,11-13,15H2,(H,23,25). The van der Waals surface area contributed by atoms with Gasteiger partial charge in [-0.1, -0.05) is 18.2 Å². The maximum Gasteiger partial charge on any atom is 0.251 e. The first-order valence-corrected chi connectivity index (χ1v) is 9.86. The Morgan fingerprint density at radius 1 is 1.04 bits per heavy atom. The first kappa shape index (κ1) is 16.5. The van der Waals surface area contributed by atoms with E-state index in [4.69, 9.17) is 9.47 Å². The number of fused-ring (bicyclic) bond motifs is 2. The summed E-state index contributed by atoms with van der Waals surface area (Å²) in [7, 11) is 0. The lowest BCUT2D eigenvalue weighted by atomic mass is 10.0. The number of carbonyl (C=O) groups excluding carboxylic acids is 1. The summed E-state index contributed by atoms with van der Waals surface area (Å²) >= 11 is 0. The van der Waals surface area contributed by atoms with Gasteiger partial charge in [0.2, 0.25) is 5.91 Å². The zero-order valence-electron chi connectivity index (χ0n) is 15.4. The minimum atomic E-state index is -0.470. The zero-order chi connectivity index (χ0) is 18.3. The average Bonchev–Trinajstić information content (AvgIpc) is 3.27. The second kappa shape index (κ2) is 6.48. The monoisotopic (exact) mass is 364 g/mol. The molecule has 0 saturated heterocycles. The second-order valence-corrected chi connectivity index (χ2v) is 7.69. The summed E-state index contributed by atoms with van der Waals surface area (Å²) in [6, 6.07) is 14.0. The van der Waals surface area contributed by atoms with Crippen molar-refractivity contribution in [3.63, 3.8) is 0 Å². The van der Waals surface area contributed by atoms with E-state index in [0.29, 0.717) is 6.54 Å². The summed E-state index contributed by atoms with van der Waals surface area (Å²) in [6.45, 7) is 1.27. The van der Waals surface area contributed by atoms with Crippen LogP contribution in [0.2, 0.25) is 0 Å². The fourth-order valence-corrected chi connectivity index (χ4v) is 4.44. The van der Waals surface area contributed by atoms with Gasteiger partial charge in [0, 0.05) is 36.8 Å². The van der Waals surface area contributed by atoms with Gasteiger partial charge in [0.25, 0.3) is 5.79 Å². The average molecular weight is 364 g/mol. The molecule has 2 aromatic carbocycles. The Kier molecular flexibility index (Phi) is 3.96. The summed E-state index contributed by atoms with van der Waals surface area (Å²) in [5.41, 5.74) is 3.25. The molecule has 0 unspecified atom stereocenters. The molecule has 1 fully saturated rings. The number of aryl methyl sites for hydroxylation is 1. The first-order chi connectivity index (χ1) is 13.2. The van der Waals surface area contributed by atoms with Gasteiger partial charge in [-0.15, -0.1) is 0 Å². The maximum atomic E-state index is 12.6. The van der Waals surface area contributed by atoms with E-state index in [9.17, 15) is 4.79 Å². The molecule has 1 saturated carbocycles. The van der Waals surface area contributed by atoms with Gasteiger partial charge in [-0.3, -0.25) is 4.79 Å². The lowest BCUT2D eigenvalue weighted by molar-refractivity contribution is -0.115. The van der Waals surface area contributed by atoms with Crippen LogP contribution in [0, 0.1) is 0 Å². The van der Waals surface area contributed by atoms with E-state index < -0.39 is 5.79 Å². The molecule has 27 heavy (non-hydrogen) atoms. The smallest absolute Gasteiger partial charge is 0.251 e. The summed E-state index contributed by atoms with van der Waals surface area (Å²) in [4.78, 5) is 14.8. The quantitative estimate of drug-likeness (QED) is 0.890. The zero-order valence-corrected chi connectivity index (χ0v) is 15.4. The molecule has 1 amide bonds. The summed E-state index contributed by atoms with van der Waals surface area (Å²) in [6.07, 6.45) is 6.29. The number of rotatable bonds is 3. The molecule has 0 bridgehead atoms. The Balaban J connectivity index is 1.26.